The molecule has 1 heterocycles. The molecule has 1 amide bonds. The van der Waals surface area contributed by atoms with E-state index in [2.05, 4.69) is 22.2 Å². The molecular weight excluding hydrogens is 330 g/mol. The zero-order chi connectivity index (χ0) is 18.7. The summed E-state index contributed by atoms with van der Waals surface area (Å²) >= 11 is 0. The van der Waals surface area contributed by atoms with Crippen molar-refractivity contribution in [1.82, 2.24) is 15.3 Å². The number of nitrogens with zero attached hydrogens (tertiary/aromatic N) is 2. The number of rotatable bonds is 4. The highest BCUT2D eigenvalue weighted by Crippen LogP contribution is 2.23. The molecule has 1 N–H and O–H groups in total. The lowest BCUT2D eigenvalue weighted by atomic mass is 9.86. The van der Waals surface area contributed by atoms with E-state index in [1.165, 1.54) is 6.42 Å². The molecule has 0 aliphatic heterocycles. The number of esters is 1. The Morgan fingerprint density at radius 2 is 1.81 bits per heavy atom. The van der Waals surface area contributed by atoms with Crippen LogP contribution in [0.4, 0.5) is 0 Å². The van der Waals surface area contributed by atoms with E-state index >= 15 is 0 Å². The topological polar surface area (TPSA) is 81.2 Å². The molecule has 0 unspecified atom stereocenters. The molecule has 6 heteroatoms. The second-order valence-electron chi connectivity index (χ2n) is 7.11. The van der Waals surface area contributed by atoms with Gasteiger partial charge in [0.15, 0.2) is 6.61 Å². The third-order valence-electron chi connectivity index (χ3n) is 5.10. The van der Waals surface area contributed by atoms with Crippen LogP contribution in [-0.4, -0.2) is 34.5 Å². The quantitative estimate of drug-likeness (QED) is 0.852. The summed E-state index contributed by atoms with van der Waals surface area (Å²) in [5.74, 6) is -0.308. The largest absolute Gasteiger partial charge is 0.452 e. The van der Waals surface area contributed by atoms with E-state index in [4.69, 9.17) is 4.74 Å². The number of nitrogens with one attached hydrogen (secondary N) is 1. The normalized spacial score (nSPS) is 20.0. The molecule has 1 aliphatic rings. The molecule has 1 aliphatic carbocycles. The first kappa shape index (κ1) is 18.3. The van der Waals surface area contributed by atoms with Gasteiger partial charge < -0.3 is 10.1 Å². The molecule has 6 nitrogen and oxygen atoms in total. The van der Waals surface area contributed by atoms with Crippen molar-refractivity contribution in [3.05, 3.63) is 35.2 Å². The minimum atomic E-state index is -0.529. The smallest absolute Gasteiger partial charge is 0.338 e. The summed E-state index contributed by atoms with van der Waals surface area (Å²) < 4.78 is 5.17. The second kappa shape index (κ2) is 7.81. The lowest BCUT2D eigenvalue weighted by Gasteiger charge is -2.29. The summed E-state index contributed by atoms with van der Waals surface area (Å²) in [7, 11) is 0. The minimum absolute atomic E-state index is 0.178. The summed E-state index contributed by atoms with van der Waals surface area (Å²) in [5.41, 5.74) is 3.43. The number of hydrogen-bond donors (Lipinski definition) is 1. The first-order valence-electron chi connectivity index (χ1n) is 9.15. The van der Waals surface area contributed by atoms with Gasteiger partial charge in [-0.3, -0.25) is 4.79 Å². The highest BCUT2D eigenvalue weighted by atomic mass is 16.5. The molecule has 2 atom stereocenters. The van der Waals surface area contributed by atoms with Crippen molar-refractivity contribution < 1.29 is 14.3 Å². The number of carbonyl (C=O) groups excluding carboxylic acids is 2. The molecule has 0 bridgehead atoms. The van der Waals surface area contributed by atoms with Crippen LogP contribution in [0.2, 0.25) is 0 Å². The molecule has 1 saturated carbocycles. The van der Waals surface area contributed by atoms with Gasteiger partial charge in [0, 0.05) is 6.04 Å². The van der Waals surface area contributed by atoms with Gasteiger partial charge in [0.2, 0.25) is 0 Å². The van der Waals surface area contributed by atoms with Gasteiger partial charge in [-0.15, -0.1) is 0 Å². The number of aryl methyl sites for hydroxylation is 2. The Balaban J connectivity index is 1.60. The van der Waals surface area contributed by atoms with E-state index in [0.717, 1.165) is 36.2 Å². The van der Waals surface area contributed by atoms with E-state index in [0.29, 0.717) is 17.0 Å². The molecule has 0 spiro atoms. The predicted octanol–water partition coefficient (Wildman–Crippen LogP) is 3.10. The number of ether oxygens (including phenoxy) is 1. The maximum atomic E-state index is 12.3. The number of amides is 1. The van der Waals surface area contributed by atoms with Crippen LogP contribution in [-0.2, 0) is 9.53 Å². The lowest BCUT2D eigenvalue weighted by molar-refractivity contribution is -0.125. The van der Waals surface area contributed by atoms with E-state index in [9.17, 15) is 9.59 Å². The second-order valence-corrected chi connectivity index (χ2v) is 7.11. The lowest BCUT2D eigenvalue weighted by Crippen LogP contribution is -2.42. The number of carbonyl (C=O) groups is 2. The van der Waals surface area contributed by atoms with E-state index in [1.54, 1.807) is 18.2 Å². The SMILES string of the molecule is Cc1nc2ccc(C(=O)OCC(=O)N[C@H]3CCCC[C@@H]3C)cc2nc1C. The van der Waals surface area contributed by atoms with Gasteiger partial charge in [0.1, 0.15) is 0 Å². The molecule has 0 radical (unpaired) electrons. The number of aromatic nitrogens is 2. The number of benzene rings is 1. The van der Waals surface area contributed by atoms with Gasteiger partial charge in [-0.25, -0.2) is 14.8 Å². The van der Waals surface area contributed by atoms with Crippen LogP contribution in [0.25, 0.3) is 11.0 Å². The first-order valence-corrected chi connectivity index (χ1v) is 9.15. The van der Waals surface area contributed by atoms with Crippen molar-refractivity contribution in [2.24, 2.45) is 5.92 Å². The summed E-state index contributed by atoms with van der Waals surface area (Å²) in [6.45, 7) is 5.66. The van der Waals surface area contributed by atoms with Gasteiger partial charge in [-0.1, -0.05) is 19.8 Å². The summed E-state index contributed by atoms with van der Waals surface area (Å²) in [4.78, 5) is 33.2. The van der Waals surface area contributed by atoms with Gasteiger partial charge >= 0.3 is 5.97 Å². The molecular formula is C20H25N3O3. The van der Waals surface area contributed by atoms with Crippen LogP contribution < -0.4 is 5.32 Å². The van der Waals surface area contributed by atoms with Crippen LogP contribution >= 0.6 is 0 Å². The standard InChI is InChI=1S/C20H25N3O3/c1-12-6-4-5-7-16(12)23-19(24)11-26-20(25)15-8-9-17-18(10-15)22-14(3)13(2)21-17/h8-10,12,16H,4-7,11H2,1-3H3,(H,23,24)/t12-,16-/m0/s1. The molecule has 3 rings (SSSR count). The van der Waals surface area contributed by atoms with Crippen molar-refractivity contribution in [2.75, 3.05) is 6.61 Å². The average molecular weight is 355 g/mol. The van der Waals surface area contributed by atoms with E-state index < -0.39 is 5.97 Å². The Morgan fingerprint density at radius 3 is 2.54 bits per heavy atom. The Labute approximate surface area is 153 Å². The van der Waals surface area contributed by atoms with Crippen LogP contribution in [0.1, 0.15) is 54.4 Å². The highest BCUT2D eigenvalue weighted by molar-refractivity contribution is 5.94. The maximum absolute atomic E-state index is 12.3. The van der Waals surface area contributed by atoms with Crippen molar-refractivity contribution >= 4 is 22.9 Å². The molecule has 1 aromatic carbocycles. The third kappa shape index (κ3) is 4.18. The molecule has 0 saturated heterocycles. The Morgan fingerprint density at radius 1 is 1.12 bits per heavy atom. The van der Waals surface area contributed by atoms with Crippen LogP contribution in [0, 0.1) is 19.8 Å². The van der Waals surface area contributed by atoms with E-state index in [1.807, 2.05) is 13.8 Å². The summed E-state index contributed by atoms with van der Waals surface area (Å²) in [6.07, 6.45) is 4.46. The number of fused-ring (bicyclic) bond motifs is 1. The Hall–Kier alpha value is -2.50. The summed E-state index contributed by atoms with van der Waals surface area (Å²) in [5, 5.41) is 2.98. The minimum Gasteiger partial charge on any atom is -0.452 e. The average Bonchev–Trinajstić information content (AvgIpc) is 2.62. The maximum Gasteiger partial charge on any atom is 0.338 e. The van der Waals surface area contributed by atoms with Crippen molar-refractivity contribution in [2.45, 2.75) is 52.5 Å². The van der Waals surface area contributed by atoms with Crippen LogP contribution in [0.5, 0.6) is 0 Å². The first-order chi connectivity index (χ1) is 12.4. The fourth-order valence-electron chi connectivity index (χ4n) is 3.35. The van der Waals surface area contributed by atoms with Gasteiger partial charge in [-0.05, 0) is 50.8 Å². The molecule has 1 fully saturated rings. The fourth-order valence-corrected chi connectivity index (χ4v) is 3.35. The Bertz CT molecular complexity index is 834. The number of hydrogen-bond acceptors (Lipinski definition) is 5. The molecule has 1 aromatic heterocycles. The zero-order valence-electron chi connectivity index (χ0n) is 15.5. The molecule has 2 aromatic rings. The zero-order valence-corrected chi connectivity index (χ0v) is 15.5. The van der Waals surface area contributed by atoms with Crippen molar-refractivity contribution in [3.8, 4) is 0 Å². The van der Waals surface area contributed by atoms with Crippen molar-refractivity contribution in [3.63, 3.8) is 0 Å². The monoisotopic (exact) mass is 355 g/mol. The molecule has 26 heavy (non-hydrogen) atoms. The molecule has 138 valence electrons. The van der Waals surface area contributed by atoms with Gasteiger partial charge in [0.25, 0.3) is 5.91 Å². The van der Waals surface area contributed by atoms with Crippen LogP contribution in [0.15, 0.2) is 18.2 Å². The summed E-state index contributed by atoms with van der Waals surface area (Å²) in [6, 6.07) is 5.22. The van der Waals surface area contributed by atoms with E-state index in [-0.39, 0.29) is 18.6 Å². The Kier molecular flexibility index (Phi) is 5.49. The fraction of sp³-hybridized carbons (Fsp3) is 0.500. The van der Waals surface area contributed by atoms with Crippen molar-refractivity contribution in [1.29, 1.82) is 0 Å². The highest BCUT2D eigenvalue weighted by Gasteiger charge is 2.23. The predicted molar refractivity (Wildman–Crippen MR) is 98.9 cm³/mol. The third-order valence-corrected chi connectivity index (χ3v) is 5.10. The van der Waals surface area contributed by atoms with Crippen LogP contribution in [0.3, 0.4) is 0 Å². The van der Waals surface area contributed by atoms with Gasteiger partial charge in [0.05, 0.1) is 28.0 Å². The van der Waals surface area contributed by atoms with Gasteiger partial charge in [-0.2, -0.15) is 0 Å².